The van der Waals surface area contributed by atoms with Gasteiger partial charge in [-0.3, -0.25) is 0 Å². The monoisotopic (exact) mass is 245 g/mol. The van der Waals surface area contributed by atoms with E-state index in [2.05, 4.69) is 58.1 Å². The fourth-order valence-electron chi connectivity index (χ4n) is 3.04. The van der Waals surface area contributed by atoms with Gasteiger partial charge in [-0.05, 0) is 54.8 Å². The van der Waals surface area contributed by atoms with Gasteiger partial charge < -0.3 is 5.32 Å². The van der Waals surface area contributed by atoms with Crippen molar-refractivity contribution in [3.8, 4) is 0 Å². The van der Waals surface area contributed by atoms with E-state index in [4.69, 9.17) is 0 Å². The molecule has 1 atom stereocenters. The first-order valence-corrected chi connectivity index (χ1v) is 7.33. The third kappa shape index (κ3) is 2.47. The lowest BCUT2D eigenvalue weighted by atomic mass is 9.81. The Labute approximate surface area is 112 Å². The Morgan fingerprint density at radius 2 is 1.83 bits per heavy atom. The first-order valence-electron chi connectivity index (χ1n) is 7.33. The first-order chi connectivity index (χ1) is 8.44. The third-order valence-corrected chi connectivity index (χ3v) is 4.33. The quantitative estimate of drug-likeness (QED) is 0.825. The van der Waals surface area contributed by atoms with Crippen molar-refractivity contribution in [2.24, 2.45) is 0 Å². The molecule has 1 aromatic rings. The van der Waals surface area contributed by atoms with Crippen LogP contribution >= 0.6 is 0 Å². The van der Waals surface area contributed by atoms with Crippen molar-refractivity contribution in [2.45, 2.75) is 64.8 Å². The second-order valence-corrected chi connectivity index (χ2v) is 6.52. The van der Waals surface area contributed by atoms with E-state index in [-0.39, 0.29) is 5.54 Å². The Kier molecular flexibility index (Phi) is 3.82. The SMILES string of the molecule is CC(C)c1ccc(C(C)C)c(C2(C)CCCN2)c1. The molecule has 1 heteroatoms. The topological polar surface area (TPSA) is 12.0 Å². The molecule has 0 aliphatic carbocycles. The van der Waals surface area contributed by atoms with Gasteiger partial charge >= 0.3 is 0 Å². The van der Waals surface area contributed by atoms with Crippen molar-refractivity contribution in [3.63, 3.8) is 0 Å². The Hall–Kier alpha value is -0.820. The van der Waals surface area contributed by atoms with E-state index in [1.54, 1.807) is 0 Å². The van der Waals surface area contributed by atoms with Crippen LogP contribution in [0.1, 0.15) is 76.0 Å². The highest BCUT2D eigenvalue weighted by molar-refractivity contribution is 5.40. The number of hydrogen-bond acceptors (Lipinski definition) is 1. The summed E-state index contributed by atoms with van der Waals surface area (Å²) in [6.45, 7) is 12.7. The predicted octanol–water partition coefficient (Wildman–Crippen LogP) is 4.53. The number of benzene rings is 1. The maximum atomic E-state index is 3.71. The van der Waals surface area contributed by atoms with Gasteiger partial charge in [0.05, 0.1) is 0 Å². The van der Waals surface area contributed by atoms with Crippen LogP contribution in [0.3, 0.4) is 0 Å². The number of hydrogen-bond donors (Lipinski definition) is 1. The largest absolute Gasteiger partial charge is 0.308 e. The minimum absolute atomic E-state index is 0.185. The molecule has 1 saturated heterocycles. The lowest BCUT2D eigenvalue weighted by molar-refractivity contribution is 0.428. The summed E-state index contributed by atoms with van der Waals surface area (Å²) in [6.07, 6.45) is 2.55. The molecule has 1 fully saturated rings. The lowest BCUT2D eigenvalue weighted by Crippen LogP contribution is -2.34. The minimum atomic E-state index is 0.185. The van der Waals surface area contributed by atoms with E-state index in [9.17, 15) is 0 Å². The maximum Gasteiger partial charge on any atom is 0.0409 e. The summed E-state index contributed by atoms with van der Waals surface area (Å²) in [7, 11) is 0. The van der Waals surface area contributed by atoms with Gasteiger partial charge in [-0.25, -0.2) is 0 Å². The van der Waals surface area contributed by atoms with E-state index < -0.39 is 0 Å². The Morgan fingerprint density at radius 3 is 2.33 bits per heavy atom. The minimum Gasteiger partial charge on any atom is -0.308 e. The molecule has 18 heavy (non-hydrogen) atoms. The van der Waals surface area contributed by atoms with E-state index in [1.165, 1.54) is 29.5 Å². The van der Waals surface area contributed by atoms with Crippen LogP contribution in [0.15, 0.2) is 18.2 Å². The summed E-state index contributed by atoms with van der Waals surface area (Å²) in [6, 6.07) is 7.10. The summed E-state index contributed by atoms with van der Waals surface area (Å²) < 4.78 is 0. The van der Waals surface area contributed by atoms with Crippen LogP contribution in [0.2, 0.25) is 0 Å². The summed E-state index contributed by atoms with van der Waals surface area (Å²) in [5, 5.41) is 3.71. The smallest absolute Gasteiger partial charge is 0.0409 e. The fourth-order valence-corrected chi connectivity index (χ4v) is 3.04. The van der Waals surface area contributed by atoms with Crippen LogP contribution in [0.5, 0.6) is 0 Å². The third-order valence-electron chi connectivity index (χ3n) is 4.33. The molecule has 1 aliphatic rings. The molecule has 2 rings (SSSR count). The van der Waals surface area contributed by atoms with Gasteiger partial charge in [0.1, 0.15) is 0 Å². The zero-order valence-electron chi connectivity index (χ0n) is 12.5. The van der Waals surface area contributed by atoms with Crippen LogP contribution in [-0.4, -0.2) is 6.54 Å². The van der Waals surface area contributed by atoms with E-state index in [1.807, 2.05) is 0 Å². The molecule has 1 heterocycles. The van der Waals surface area contributed by atoms with Gasteiger partial charge in [0.2, 0.25) is 0 Å². The first kappa shape index (κ1) is 13.6. The van der Waals surface area contributed by atoms with Gasteiger partial charge in [-0.15, -0.1) is 0 Å². The van der Waals surface area contributed by atoms with Crippen LogP contribution in [0.25, 0.3) is 0 Å². The van der Waals surface area contributed by atoms with E-state index in [0.717, 1.165) is 6.54 Å². The molecule has 1 aromatic carbocycles. The maximum absolute atomic E-state index is 3.71. The second-order valence-electron chi connectivity index (χ2n) is 6.52. The van der Waals surface area contributed by atoms with Crippen LogP contribution < -0.4 is 5.32 Å². The molecule has 0 aromatic heterocycles. The average Bonchev–Trinajstić information content (AvgIpc) is 2.76. The molecule has 0 saturated carbocycles. The summed E-state index contributed by atoms with van der Waals surface area (Å²) in [5.41, 5.74) is 4.69. The molecule has 1 N–H and O–H groups in total. The molecular formula is C17H27N. The Bertz CT molecular complexity index is 412. The average molecular weight is 245 g/mol. The molecule has 0 radical (unpaired) electrons. The van der Waals surface area contributed by atoms with Crippen LogP contribution in [-0.2, 0) is 5.54 Å². The number of nitrogens with one attached hydrogen (secondary N) is 1. The van der Waals surface area contributed by atoms with Crippen molar-refractivity contribution in [3.05, 3.63) is 34.9 Å². The van der Waals surface area contributed by atoms with Gasteiger partial charge in [0.15, 0.2) is 0 Å². The fraction of sp³-hybridized carbons (Fsp3) is 0.647. The molecule has 0 spiro atoms. The standard InChI is InChI=1S/C17H27N/c1-12(2)14-7-8-15(13(3)4)16(11-14)17(5)9-6-10-18-17/h7-8,11-13,18H,6,9-10H2,1-5H3. The predicted molar refractivity (Wildman–Crippen MR) is 79.2 cm³/mol. The highest BCUT2D eigenvalue weighted by atomic mass is 15.0. The molecule has 100 valence electrons. The summed E-state index contributed by atoms with van der Waals surface area (Å²) in [4.78, 5) is 0. The molecule has 1 unspecified atom stereocenters. The van der Waals surface area contributed by atoms with Crippen molar-refractivity contribution >= 4 is 0 Å². The van der Waals surface area contributed by atoms with Crippen molar-refractivity contribution in [1.29, 1.82) is 0 Å². The molecular weight excluding hydrogens is 218 g/mol. The second kappa shape index (κ2) is 5.05. The normalized spacial score (nSPS) is 24.2. The summed E-state index contributed by atoms with van der Waals surface area (Å²) >= 11 is 0. The van der Waals surface area contributed by atoms with Crippen molar-refractivity contribution in [2.75, 3.05) is 6.54 Å². The molecule has 1 nitrogen and oxygen atoms in total. The van der Waals surface area contributed by atoms with Gasteiger partial charge in [0, 0.05) is 5.54 Å². The zero-order valence-corrected chi connectivity index (χ0v) is 12.5. The highest BCUT2D eigenvalue weighted by Gasteiger charge is 2.32. The van der Waals surface area contributed by atoms with Gasteiger partial charge in [-0.2, -0.15) is 0 Å². The van der Waals surface area contributed by atoms with Crippen molar-refractivity contribution < 1.29 is 0 Å². The molecule has 1 aliphatic heterocycles. The summed E-state index contributed by atoms with van der Waals surface area (Å²) in [5.74, 6) is 1.20. The van der Waals surface area contributed by atoms with Crippen LogP contribution in [0, 0.1) is 0 Å². The lowest BCUT2D eigenvalue weighted by Gasteiger charge is -2.30. The van der Waals surface area contributed by atoms with Gasteiger partial charge in [0.25, 0.3) is 0 Å². The molecule has 0 bridgehead atoms. The van der Waals surface area contributed by atoms with Crippen molar-refractivity contribution in [1.82, 2.24) is 5.32 Å². The van der Waals surface area contributed by atoms with E-state index >= 15 is 0 Å². The Balaban J connectivity index is 2.50. The molecule has 0 amide bonds. The van der Waals surface area contributed by atoms with Crippen LogP contribution in [0.4, 0.5) is 0 Å². The zero-order chi connectivity index (χ0) is 13.3. The van der Waals surface area contributed by atoms with E-state index in [0.29, 0.717) is 11.8 Å². The van der Waals surface area contributed by atoms with Gasteiger partial charge in [-0.1, -0.05) is 45.9 Å². The Morgan fingerprint density at radius 1 is 1.11 bits per heavy atom. The number of rotatable bonds is 3. The highest BCUT2D eigenvalue weighted by Crippen LogP contribution is 2.36.